The third-order valence-corrected chi connectivity index (χ3v) is 5.54. The highest BCUT2D eigenvalue weighted by Crippen LogP contribution is 2.29. The molecule has 0 unspecified atom stereocenters. The number of hydrogen-bond acceptors (Lipinski definition) is 3. The molecule has 0 saturated heterocycles. The fourth-order valence-corrected chi connectivity index (χ4v) is 4.04. The first-order valence-electron chi connectivity index (χ1n) is 8.16. The number of benzene rings is 3. The van der Waals surface area contributed by atoms with Crippen molar-refractivity contribution in [2.24, 2.45) is 0 Å². The van der Waals surface area contributed by atoms with Crippen LogP contribution >= 0.6 is 0 Å². The van der Waals surface area contributed by atoms with Gasteiger partial charge in [0.15, 0.2) is 0 Å². The van der Waals surface area contributed by atoms with Crippen LogP contribution in [0.5, 0.6) is 0 Å². The van der Waals surface area contributed by atoms with Crippen molar-refractivity contribution >= 4 is 26.6 Å². The molecule has 0 aliphatic carbocycles. The van der Waals surface area contributed by atoms with Crippen molar-refractivity contribution in [1.29, 1.82) is 0 Å². The Bertz CT molecular complexity index is 1180. The fraction of sp³-hybridized carbons (Fsp3) is 0.0500. The number of aryl methyl sites for hydroxylation is 1. The van der Waals surface area contributed by atoms with Crippen LogP contribution in [0.1, 0.15) is 5.56 Å². The average Bonchev–Trinajstić information content (AvgIpc) is 3.05. The summed E-state index contributed by atoms with van der Waals surface area (Å²) in [5.41, 5.74) is 4.00. The molecule has 4 aromatic rings. The number of nitrogens with zero attached hydrogens (tertiary/aromatic N) is 1. The van der Waals surface area contributed by atoms with Crippen LogP contribution in [-0.4, -0.2) is 18.6 Å². The van der Waals surface area contributed by atoms with Gasteiger partial charge >= 0.3 is 0 Å². The van der Waals surface area contributed by atoms with E-state index in [4.69, 9.17) is 0 Å². The average molecular weight is 363 g/mol. The summed E-state index contributed by atoms with van der Waals surface area (Å²) in [6.45, 7) is 1.86. The molecule has 0 aliphatic heterocycles. The summed E-state index contributed by atoms with van der Waals surface area (Å²) in [6.07, 6.45) is 0. The maximum absolute atomic E-state index is 12.6. The van der Waals surface area contributed by atoms with E-state index in [1.807, 2.05) is 49.4 Å². The maximum Gasteiger partial charge on any atom is 0.261 e. The maximum atomic E-state index is 12.6. The second-order valence-electron chi connectivity index (χ2n) is 6.12. The SMILES string of the molecule is Cc1cccc(S(=O)(=O)Nc2ccc3[nH]nc(-c4ccccc4)c3c2)c1. The smallest absolute Gasteiger partial charge is 0.261 e. The summed E-state index contributed by atoms with van der Waals surface area (Å²) in [5.74, 6) is 0. The van der Waals surface area contributed by atoms with E-state index in [9.17, 15) is 8.42 Å². The Morgan fingerprint density at radius 1 is 0.923 bits per heavy atom. The molecule has 5 nitrogen and oxygen atoms in total. The Balaban J connectivity index is 1.74. The van der Waals surface area contributed by atoms with Gasteiger partial charge in [0.05, 0.1) is 16.1 Å². The molecular formula is C20H17N3O2S. The number of hydrogen-bond donors (Lipinski definition) is 2. The van der Waals surface area contributed by atoms with Crippen molar-refractivity contribution in [3.63, 3.8) is 0 Å². The molecule has 6 heteroatoms. The minimum Gasteiger partial charge on any atom is -0.280 e. The van der Waals surface area contributed by atoms with E-state index in [0.717, 1.165) is 27.7 Å². The lowest BCUT2D eigenvalue weighted by Gasteiger charge is -2.09. The molecule has 1 aromatic heterocycles. The largest absolute Gasteiger partial charge is 0.280 e. The molecule has 4 rings (SSSR count). The van der Waals surface area contributed by atoms with Crippen LogP contribution < -0.4 is 4.72 Å². The molecule has 26 heavy (non-hydrogen) atoms. The normalized spacial score (nSPS) is 11.6. The van der Waals surface area contributed by atoms with Gasteiger partial charge in [-0.25, -0.2) is 8.42 Å². The van der Waals surface area contributed by atoms with E-state index in [-0.39, 0.29) is 4.90 Å². The molecule has 0 spiro atoms. The summed E-state index contributed by atoms with van der Waals surface area (Å²) < 4.78 is 27.9. The van der Waals surface area contributed by atoms with Crippen LogP contribution in [0.15, 0.2) is 77.7 Å². The number of anilines is 1. The summed E-state index contributed by atoms with van der Waals surface area (Å²) in [6, 6.07) is 22.0. The topological polar surface area (TPSA) is 74.8 Å². The van der Waals surface area contributed by atoms with Crippen LogP contribution in [0.2, 0.25) is 0 Å². The second kappa shape index (κ2) is 6.31. The molecule has 0 radical (unpaired) electrons. The first-order valence-corrected chi connectivity index (χ1v) is 9.64. The quantitative estimate of drug-likeness (QED) is 0.566. The summed E-state index contributed by atoms with van der Waals surface area (Å²) in [7, 11) is -3.65. The number of aromatic amines is 1. The Hall–Kier alpha value is -3.12. The first-order chi connectivity index (χ1) is 12.5. The van der Waals surface area contributed by atoms with Crippen molar-refractivity contribution in [2.75, 3.05) is 4.72 Å². The standard InChI is InChI=1S/C20H17N3O2S/c1-14-6-5-9-17(12-14)26(24,25)23-16-10-11-19-18(13-16)20(22-21-19)15-7-3-2-4-8-15/h2-13,23H,1H3,(H,21,22). The second-order valence-corrected chi connectivity index (χ2v) is 7.80. The van der Waals surface area contributed by atoms with E-state index >= 15 is 0 Å². The Labute approximate surface area is 151 Å². The van der Waals surface area contributed by atoms with Crippen molar-refractivity contribution in [3.8, 4) is 11.3 Å². The molecule has 2 N–H and O–H groups in total. The van der Waals surface area contributed by atoms with Crippen molar-refractivity contribution in [3.05, 3.63) is 78.4 Å². The highest BCUT2D eigenvalue weighted by molar-refractivity contribution is 7.92. The lowest BCUT2D eigenvalue weighted by Crippen LogP contribution is -2.12. The predicted molar refractivity (Wildman–Crippen MR) is 104 cm³/mol. The zero-order valence-corrected chi connectivity index (χ0v) is 14.9. The van der Waals surface area contributed by atoms with Gasteiger partial charge in [0.25, 0.3) is 10.0 Å². The zero-order chi connectivity index (χ0) is 18.1. The van der Waals surface area contributed by atoms with Crippen LogP contribution in [0.25, 0.3) is 22.2 Å². The summed E-state index contributed by atoms with van der Waals surface area (Å²) in [5, 5.41) is 8.22. The van der Waals surface area contributed by atoms with Gasteiger partial charge in [-0.05, 0) is 42.8 Å². The molecule has 3 aromatic carbocycles. The Morgan fingerprint density at radius 2 is 1.73 bits per heavy atom. The minimum atomic E-state index is -3.65. The van der Waals surface area contributed by atoms with Gasteiger partial charge in [-0.15, -0.1) is 0 Å². The first kappa shape index (κ1) is 16.4. The number of H-pyrrole nitrogens is 1. The molecular weight excluding hydrogens is 346 g/mol. The highest BCUT2D eigenvalue weighted by atomic mass is 32.2. The van der Waals surface area contributed by atoms with Crippen LogP contribution in [0.4, 0.5) is 5.69 Å². The van der Waals surface area contributed by atoms with Crippen LogP contribution in [0.3, 0.4) is 0 Å². The molecule has 0 fully saturated rings. The monoisotopic (exact) mass is 363 g/mol. The summed E-state index contributed by atoms with van der Waals surface area (Å²) >= 11 is 0. The minimum absolute atomic E-state index is 0.244. The van der Waals surface area contributed by atoms with E-state index < -0.39 is 10.0 Å². The highest BCUT2D eigenvalue weighted by Gasteiger charge is 2.15. The number of rotatable bonds is 4. The fourth-order valence-electron chi connectivity index (χ4n) is 2.89. The van der Waals surface area contributed by atoms with Crippen LogP contribution in [-0.2, 0) is 10.0 Å². The summed E-state index contributed by atoms with van der Waals surface area (Å²) in [4.78, 5) is 0.244. The lowest BCUT2D eigenvalue weighted by molar-refractivity contribution is 0.601. The van der Waals surface area contributed by atoms with E-state index in [0.29, 0.717) is 5.69 Å². The molecule has 0 bridgehead atoms. The van der Waals surface area contributed by atoms with Gasteiger partial charge in [0.2, 0.25) is 0 Å². The molecule has 0 aliphatic rings. The zero-order valence-electron chi connectivity index (χ0n) is 14.1. The van der Waals surface area contributed by atoms with Gasteiger partial charge in [0.1, 0.15) is 0 Å². The molecule has 0 amide bonds. The van der Waals surface area contributed by atoms with Gasteiger partial charge < -0.3 is 0 Å². The number of nitrogens with one attached hydrogen (secondary N) is 2. The Kier molecular flexibility index (Phi) is 3.97. The third kappa shape index (κ3) is 3.07. The number of aromatic nitrogens is 2. The van der Waals surface area contributed by atoms with E-state index in [2.05, 4.69) is 14.9 Å². The van der Waals surface area contributed by atoms with Crippen molar-refractivity contribution < 1.29 is 8.42 Å². The number of sulfonamides is 1. The van der Waals surface area contributed by atoms with Crippen LogP contribution in [0, 0.1) is 6.92 Å². The lowest BCUT2D eigenvalue weighted by atomic mass is 10.1. The molecule has 1 heterocycles. The van der Waals surface area contributed by atoms with Crippen molar-refractivity contribution in [1.82, 2.24) is 10.2 Å². The van der Waals surface area contributed by atoms with Gasteiger partial charge in [-0.3, -0.25) is 9.82 Å². The third-order valence-electron chi connectivity index (χ3n) is 4.16. The van der Waals surface area contributed by atoms with E-state index in [1.54, 1.807) is 30.3 Å². The van der Waals surface area contributed by atoms with Gasteiger partial charge in [0, 0.05) is 16.6 Å². The molecule has 0 atom stereocenters. The number of fused-ring (bicyclic) bond motifs is 1. The van der Waals surface area contributed by atoms with Gasteiger partial charge in [-0.1, -0.05) is 42.5 Å². The molecule has 130 valence electrons. The van der Waals surface area contributed by atoms with Gasteiger partial charge in [-0.2, -0.15) is 5.10 Å². The van der Waals surface area contributed by atoms with E-state index in [1.165, 1.54) is 0 Å². The predicted octanol–water partition coefficient (Wildman–Crippen LogP) is 4.34. The van der Waals surface area contributed by atoms with Crippen molar-refractivity contribution in [2.45, 2.75) is 11.8 Å². The Morgan fingerprint density at radius 3 is 2.50 bits per heavy atom. The molecule has 0 saturated carbocycles.